The first kappa shape index (κ1) is 13.6. The zero-order chi connectivity index (χ0) is 12.8. The zero-order valence-corrected chi connectivity index (χ0v) is 10.4. The number of hydrogen-bond acceptors (Lipinski definition) is 3. The Morgan fingerprint density at radius 2 is 2.29 bits per heavy atom. The largest absolute Gasteiger partial charge is 0.345 e. The minimum absolute atomic E-state index is 0.0291. The van der Waals surface area contributed by atoms with Gasteiger partial charge >= 0.3 is 0 Å². The van der Waals surface area contributed by atoms with E-state index in [0.29, 0.717) is 6.54 Å². The number of nitrogens with one attached hydrogen (secondary N) is 1. The molecule has 4 nitrogen and oxygen atoms in total. The number of carbonyl (C=O) groups excluding carboxylic acids is 1. The van der Waals surface area contributed by atoms with E-state index >= 15 is 0 Å². The minimum Gasteiger partial charge on any atom is -0.345 e. The predicted octanol–water partition coefficient (Wildman–Crippen LogP) is 1.35. The van der Waals surface area contributed by atoms with Crippen LogP contribution in [-0.4, -0.2) is 35.9 Å². The first-order valence-electron chi connectivity index (χ1n) is 5.63. The molecule has 1 rings (SSSR count). The van der Waals surface area contributed by atoms with Crippen molar-refractivity contribution in [2.45, 2.75) is 19.9 Å². The Hall–Kier alpha value is -1.49. The van der Waals surface area contributed by atoms with Crippen LogP contribution >= 0.6 is 0 Å². The van der Waals surface area contributed by atoms with Crippen LogP contribution in [0.25, 0.3) is 0 Å². The van der Waals surface area contributed by atoms with Gasteiger partial charge in [0.05, 0.1) is 18.4 Å². The Morgan fingerprint density at radius 1 is 1.59 bits per heavy atom. The second kappa shape index (κ2) is 6.30. The van der Waals surface area contributed by atoms with Gasteiger partial charge in [-0.05, 0) is 26.0 Å². The van der Waals surface area contributed by atoms with Gasteiger partial charge < -0.3 is 10.2 Å². The number of hydrogen-bond donors (Lipinski definition) is 1. The molecule has 1 unspecified atom stereocenters. The number of aromatic nitrogens is 1. The summed E-state index contributed by atoms with van der Waals surface area (Å²) in [5, 5.41) is 3.06. The number of halogens is 1. The highest BCUT2D eigenvalue weighted by molar-refractivity contribution is 5.77. The normalized spacial score (nSPS) is 12.2. The maximum atomic E-state index is 12.7. The van der Waals surface area contributed by atoms with E-state index in [-0.39, 0.29) is 24.3 Å². The maximum absolute atomic E-state index is 12.7. The van der Waals surface area contributed by atoms with Crippen LogP contribution in [0, 0.1) is 5.82 Å². The third-order valence-electron chi connectivity index (χ3n) is 2.65. The van der Waals surface area contributed by atoms with Gasteiger partial charge in [-0.1, -0.05) is 0 Å². The molecule has 1 aromatic heterocycles. The Balaban J connectivity index is 2.47. The Morgan fingerprint density at radius 3 is 2.82 bits per heavy atom. The Kier molecular flexibility index (Phi) is 5.03. The molecule has 0 fully saturated rings. The third-order valence-corrected chi connectivity index (χ3v) is 2.65. The van der Waals surface area contributed by atoms with Crippen LogP contribution in [-0.2, 0) is 4.79 Å². The van der Waals surface area contributed by atoms with Crippen molar-refractivity contribution in [3.63, 3.8) is 0 Å². The van der Waals surface area contributed by atoms with Crippen LogP contribution in [0.1, 0.15) is 25.6 Å². The lowest BCUT2D eigenvalue weighted by Gasteiger charge is -2.17. The van der Waals surface area contributed by atoms with Crippen molar-refractivity contribution in [2.24, 2.45) is 0 Å². The SMILES string of the molecule is CCN(C)C(=O)CNC(C)c1ccc(F)cn1. The Labute approximate surface area is 101 Å². The first-order chi connectivity index (χ1) is 8.04. The van der Waals surface area contributed by atoms with Gasteiger partial charge in [-0.25, -0.2) is 4.39 Å². The molecule has 5 heteroatoms. The van der Waals surface area contributed by atoms with Crippen molar-refractivity contribution >= 4 is 5.91 Å². The van der Waals surface area contributed by atoms with Gasteiger partial charge in [0.25, 0.3) is 0 Å². The molecule has 1 heterocycles. The second-order valence-electron chi connectivity index (χ2n) is 3.91. The standard InChI is InChI=1S/C12H18FN3O/c1-4-16(3)12(17)8-14-9(2)11-6-5-10(13)7-15-11/h5-7,9,14H,4,8H2,1-3H3. The highest BCUT2D eigenvalue weighted by Crippen LogP contribution is 2.08. The molecular weight excluding hydrogens is 221 g/mol. The number of amides is 1. The first-order valence-corrected chi connectivity index (χ1v) is 5.63. The van der Waals surface area contributed by atoms with Gasteiger partial charge in [-0.2, -0.15) is 0 Å². The zero-order valence-electron chi connectivity index (χ0n) is 10.4. The second-order valence-corrected chi connectivity index (χ2v) is 3.91. The predicted molar refractivity (Wildman–Crippen MR) is 63.9 cm³/mol. The molecule has 0 aromatic carbocycles. The fourth-order valence-electron chi connectivity index (χ4n) is 1.30. The number of pyridine rings is 1. The number of likely N-dealkylation sites (N-methyl/N-ethyl adjacent to an activating group) is 1. The van der Waals surface area contributed by atoms with Crippen molar-refractivity contribution in [1.82, 2.24) is 15.2 Å². The number of nitrogens with zero attached hydrogens (tertiary/aromatic N) is 2. The van der Waals surface area contributed by atoms with Gasteiger partial charge in [0.1, 0.15) is 5.82 Å². The van der Waals surface area contributed by atoms with Crippen molar-refractivity contribution in [3.8, 4) is 0 Å². The molecule has 1 amide bonds. The lowest BCUT2D eigenvalue weighted by atomic mass is 10.2. The summed E-state index contributed by atoms with van der Waals surface area (Å²) < 4.78 is 12.7. The summed E-state index contributed by atoms with van der Waals surface area (Å²) in [5.41, 5.74) is 0.721. The van der Waals surface area contributed by atoms with Gasteiger partial charge in [-0.15, -0.1) is 0 Å². The minimum atomic E-state index is -0.359. The summed E-state index contributed by atoms with van der Waals surface area (Å²) >= 11 is 0. The van der Waals surface area contributed by atoms with E-state index in [4.69, 9.17) is 0 Å². The molecule has 0 spiro atoms. The van der Waals surface area contributed by atoms with Crippen LogP contribution in [0.3, 0.4) is 0 Å². The highest BCUT2D eigenvalue weighted by Gasteiger charge is 2.10. The van der Waals surface area contributed by atoms with Crippen LogP contribution in [0.5, 0.6) is 0 Å². The van der Waals surface area contributed by atoms with Crippen molar-refractivity contribution in [2.75, 3.05) is 20.1 Å². The number of rotatable bonds is 5. The molecule has 0 aliphatic rings. The average Bonchev–Trinajstić information content (AvgIpc) is 2.35. The van der Waals surface area contributed by atoms with Crippen LogP contribution in [0.2, 0.25) is 0 Å². The van der Waals surface area contributed by atoms with E-state index in [1.54, 1.807) is 18.0 Å². The molecule has 0 saturated heterocycles. The van der Waals surface area contributed by atoms with Crippen molar-refractivity contribution in [1.29, 1.82) is 0 Å². The van der Waals surface area contributed by atoms with E-state index in [1.165, 1.54) is 12.3 Å². The molecule has 0 aliphatic carbocycles. The van der Waals surface area contributed by atoms with Gasteiger partial charge in [0, 0.05) is 19.6 Å². The summed E-state index contributed by atoms with van der Waals surface area (Å²) in [5.74, 6) is -0.329. The molecular formula is C12H18FN3O. The van der Waals surface area contributed by atoms with Gasteiger partial charge in [0.2, 0.25) is 5.91 Å². The summed E-state index contributed by atoms with van der Waals surface area (Å²) in [6.45, 7) is 4.75. The monoisotopic (exact) mass is 239 g/mol. The fraction of sp³-hybridized carbons (Fsp3) is 0.500. The van der Waals surface area contributed by atoms with E-state index in [0.717, 1.165) is 5.69 Å². The summed E-state index contributed by atoms with van der Waals surface area (Å²) in [7, 11) is 1.75. The summed E-state index contributed by atoms with van der Waals surface area (Å²) in [4.78, 5) is 17.1. The summed E-state index contributed by atoms with van der Waals surface area (Å²) in [6, 6.07) is 2.89. The molecule has 1 aromatic rings. The quantitative estimate of drug-likeness (QED) is 0.843. The smallest absolute Gasteiger partial charge is 0.236 e. The van der Waals surface area contributed by atoms with E-state index < -0.39 is 0 Å². The average molecular weight is 239 g/mol. The fourth-order valence-corrected chi connectivity index (χ4v) is 1.30. The molecule has 1 N–H and O–H groups in total. The van der Waals surface area contributed by atoms with Gasteiger partial charge in [0.15, 0.2) is 0 Å². The topological polar surface area (TPSA) is 45.2 Å². The third kappa shape index (κ3) is 4.11. The Bertz CT molecular complexity index is 367. The van der Waals surface area contributed by atoms with Crippen molar-refractivity contribution < 1.29 is 9.18 Å². The van der Waals surface area contributed by atoms with Crippen LogP contribution in [0.15, 0.2) is 18.3 Å². The molecule has 1 atom stereocenters. The van der Waals surface area contributed by atoms with Gasteiger partial charge in [-0.3, -0.25) is 9.78 Å². The molecule has 17 heavy (non-hydrogen) atoms. The molecule has 0 saturated carbocycles. The molecule has 0 radical (unpaired) electrons. The lowest BCUT2D eigenvalue weighted by molar-refractivity contribution is -0.128. The van der Waals surface area contributed by atoms with Crippen LogP contribution in [0.4, 0.5) is 4.39 Å². The van der Waals surface area contributed by atoms with E-state index in [1.807, 2.05) is 13.8 Å². The molecule has 0 aliphatic heterocycles. The molecule has 94 valence electrons. The number of carbonyl (C=O) groups is 1. The lowest BCUT2D eigenvalue weighted by Crippen LogP contribution is -2.36. The van der Waals surface area contributed by atoms with Crippen molar-refractivity contribution in [3.05, 3.63) is 29.8 Å². The molecule has 0 bridgehead atoms. The van der Waals surface area contributed by atoms with E-state index in [9.17, 15) is 9.18 Å². The summed E-state index contributed by atoms with van der Waals surface area (Å²) in [6.07, 6.45) is 1.17. The maximum Gasteiger partial charge on any atom is 0.236 e. The van der Waals surface area contributed by atoms with E-state index in [2.05, 4.69) is 10.3 Å². The highest BCUT2D eigenvalue weighted by atomic mass is 19.1. The van der Waals surface area contributed by atoms with Crippen LogP contribution < -0.4 is 5.32 Å².